The van der Waals surface area contributed by atoms with Crippen molar-refractivity contribution in [1.82, 2.24) is 0 Å². The van der Waals surface area contributed by atoms with Crippen LogP contribution in [0.15, 0.2) is 0 Å². The standard InChI is InChI=1S/C14H30O2/c1-11(2)7-14(5,6)8-12(3)9-16-10-13(4)15/h11-13,15H,7-10H2,1-6H3. The SMILES string of the molecule is CC(C)CC(C)(C)CC(C)COCC(C)O. The third-order valence-electron chi connectivity index (χ3n) is 2.62. The van der Waals surface area contributed by atoms with Crippen molar-refractivity contribution in [3.05, 3.63) is 0 Å². The van der Waals surface area contributed by atoms with E-state index < -0.39 is 0 Å². The first kappa shape index (κ1) is 15.9. The predicted octanol–water partition coefficient (Wildman–Crippen LogP) is 3.48. The molecule has 0 radical (unpaired) electrons. The van der Waals surface area contributed by atoms with E-state index in [9.17, 15) is 0 Å². The molecule has 16 heavy (non-hydrogen) atoms. The van der Waals surface area contributed by atoms with Crippen molar-refractivity contribution in [2.24, 2.45) is 17.3 Å². The van der Waals surface area contributed by atoms with Gasteiger partial charge in [0.15, 0.2) is 0 Å². The molecule has 0 aliphatic heterocycles. The summed E-state index contributed by atoms with van der Waals surface area (Å²) in [5.41, 5.74) is 0.391. The van der Waals surface area contributed by atoms with Gasteiger partial charge < -0.3 is 9.84 Å². The van der Waals surface area contributed by atoms with Gasteiger partial charge >= 0.3 is 0 Å². The molecule has 2 atom stereocenters. The molecule has 0 saturated carbocycles. The predicted molar refractivity (Wildman–Crippen MR) is 69.5 cm³/mol. The first-order valence-electron chi connectivity index (χ1n) is 6.49. The highest BCUT2D eigenvalue weighted by molar-refractivity contribution is 4.73. The Morgan fingerprint density at radius 3 is 2.00 bits per heavy atom. The summed E-state index contributed by atoms with van der Waals surface area (Å²) in [5.74, 6) is 1.31. The van der Waals surface area contributed by atoms with Gasteiger partial charge in [-0.25, -0.2) is 0 Å². The minimum atomic E-state index is -0.351. The van der Waals surface area contributed by atoms with Crippen LogP contribution in [0.3, 0.4) is 0 Å². The molecule has 98 valence electrons. The first-order chi connectivity index (χ1) is 7.23. The van der Waals surface area contributed by atoms with Crippen LogP contribution in [0.2, 0.25) is 0 Å². The maximum atomic E-state index is 9.09. The van der Waals surface area contributed by atoms with E-state index in [0.717, 1.165) is 12.5 Å². The number of aliphatic hydroxyl groups is 1. The molecule has 0 saturated heterocycles. The average Bonchev–Trinajstić information content (AvgIpc) is 1.98. The van der Waals surface area contributed by atoms with E-state index in [0.29, 0.717) is 17.9 Å². The van der Waals surface area contributed by atoms with Crippen LogP contribution in [0.1, 0.15) is 54.4 Å². The Balaban J connectivity index is 3.80. The van der Waals surface area contributed by atoms with Crippen molar-refractivity contribution < 1.29 is 9.84 Å². The highest BCUT2D eigenvalue weighted by Gasteiger charge is 2.22. The van der Waals surface area contributed by atoms with Crippen molar-refractivity contribution >= 4 is 0 Å². The highest BCUT2D eigenvalue weighted by atomic mass is 16.5. The van der Waals surface area contributed by atoms with Gasteiger partial charge in [-0.3, -0.25) is 0 Å². The van der Waals surface area contributed by atoms with Crippen LogP contribution in [0.5, 0.6) is 0 Å². The Labute approximate surface area is 101 Å². The van der Waals surface area contributed by atoms with Crippen molar-refractivity contribution in [2.45, 2.75) is 60.5 Å². The second kappa shape index (κ2) is 7.29. The molecule has 1 N–H and O–H groups in total. The Bertz CT molecular complexity index is 174. The smallest absolute Gasteiger partial charge is 0.0745 e. The Hall–Kier alpha value is -0.0800. The zero-order valence-corrected chi connectivity index (χ0v) is 11.9. The lowest BCUT2D eigenvalue weighted by atomic mass is 9.77. The summed E-state index contributed by atoms with van der Waals surface area (Å²) in [4.78, 5) is 0. The normalized spacial score (nSPS) is 16.5. The van der Waals surface area contributed by atoms with E-state index in [2.05, 4.69) is 34.6 Å². The van der Waals surface area contributed by atoms with Crippen LogP contribution in [-0.2, 0) is 4.74 Å². The molecule has 0 aliphatic carbocycles. The average molecular weight is 230 g/mol. The topological polar surface area (TPSA) is 29.5 Å². The second-order valence-corrected chi connectivity index (χ2v) is 6.46. The lowest BCUT2D eigenvalue weighted by Crippen LogP contribution is -2.22. The molecule has 0 bridgehead atoms. The van der Waals surface area contributed by atoms with Crippen LogP contribution in [0, 0.1) is 17.3 Å². The quantitative estimate of drug-likeness (QED) is 0.691. The number of hydrogen-bond donors (Lipinski definition) is 1. The molecular formula is C14H30O2. The van der Waals surface area contributed by atoms with Crippen LogP contribution in [0.4, 0.5) is 0 Å². The molecule has 0 rings (SSSR count). The minimum Gasteiger partial charge on any atom is -0.391 e. The zero-order valence-electron chi connectivity index (χ0n) is 11.9. The molecule has 0 aromatic heterocycles. The first-order valence-corrected chi connectivity index (χ1v) is 6.49. The Morgan fingerprint density at radius 1 is 1.00 bits per heavy atom. The fraction of sp³-hybridized carbons (Fsp3) is 1.00. The molecule has 2 unspecified atom stereocenters. The van der Waals surface area contributed by atoms with Crippen LogP contribution < -0.4 is 0 Å². The van der Waals surface area contributed by atoms with Gasteiger partial charge in [-0.1, -0.05) is 34.6 Å². The van der Waals surface area contributed by atoms with Gasteiger partial charge in [-0.05, 0) is 37.0 Å². The fourth-order valence-electron chi connectivity index (χ4n) is 2.63. The Morgan fingerprint density at radius 2 is 1.56 bits per heavy atom. The lowest BCUT2D eigenvalue weighted by Gasteiger charge is -2.29. The third kappa shape index (κ3) is 9.17. The summed E-state index contributed by atoms with van der Waals surface area (Å²) in [5, 5.41) is 9.09. The van der Waals surface area contributed by atoms with E-state index in [1.807, 2.05) is 0 Å². The molecule has 0 spiro atoms. The van der Waals surface area contributed by atoms with E-state index in [1.165, 1.54) is 12.8 Å². The van der Waals surface area contributed by atoms with Gasteiger partial charge in [0.2, 0.25) is 0 Å². The van der Waals surface area contributed by atoms with Crippen molar-refractivity contribution in [3.63, 3.8) is 0 Å². The van der Waals surface area contributed by atoms with Crippen molar-refractivity contribution in [2.75, 3.05) is 13.2 Å². The number of rotatable bonds is 8. The molecule has 0 aromatic rings. The van der Waals surface area contributed by atoms with Crippen LogP contribution in [-0.4, -0.2) is 24.4 Å². The zero-order chi connectivity index (χ0) is 12.8. The summed E-state index contributed by atoms with van der Waals surface area (Å²) in [6, 6.07) is 0. The molecule has 0 aromatic carbocycles. The summed E-state index contributed by atoms with van der Waals surface area (Å²) < 4.78 is 5.46. The number of ether oxygens (including phenoxy) is 1. The monoisotopic (exact) mass is 230 g/mol. The van der Waals surface area contributed by atoms with Crippen molar-refractivity contribution in [3.8, 4) is 0 Å². The third-order valence-corrected chi connectivity index (χ3v) is 2.62. The molecule has 0 amide bonds. The van der Waals surface area contributed by atoms with Gasteiger partial charge in [0.25, 0.3) is 0 Å². The van der Waals surface area contributed by atoms with Gasteiger partial charge in [0.05, 0.1) is 12.7 Å². The Kier molecular flexibility index (Phi) is 7.25. The maximum absolute atomic E-state index is 9.09. The molecule has 2 nitrogen and oxygen atoms in total. The summed E-state index contributed by atoms with van der Waals surface area (Å²) in [6.45, 7) is 14.4. The molecule has 0 fully saturated rings. The van der Waals surface area contributed by atoms with Gasteiger partial charge in [-0.15, -0.1) is 0 Å². The van der Waals surface area contributed by atoms with E-state index in [1.54, 1.807) is 6.92 Å². The fourth-order valence-corrected chi connectivity index (χ4v) is 2.63. The number of aliphatic hydroxyl groups excluding tert-OH is 1. The molecule has 0 aliphatic rings. The molecular weight excluding hydrogens is 200 g/mol. The van der Waals surface area contributed by atoms with E-state index >= 15 is 0 Å². The van der Waals surface area contributed by atoms with Gasteiger partial charge in [0, 0.05) is 6.61 Å². The summed E-state index contributed by atoms with van der Waals surface area (Å²) in [7, 11) is 0. The summed E-state index contributed by atoms with van der Waals surface area (Å²) >= 11 is 0. The highest BCUT2D eigenvalue weighted by Crippen LogP contribution is 2.32. The molecule has 2 heteroatoms. The summed E-state index contributed by atoms with van der Waals surface area (Å²) in [6.07, 6.45) is 2.09. The lowest BCUT2D eigenvalue weighted by molar-refractivity contribution is 0.0237. The number of hydrogen-bond acceptors (Lipinski definition) is 2. The van der Waals surface area contributed by atoms with Gasteiger partial charge in [0.1, 0.15) is 0 Å². The van der Waals surface area contributed by atoms with Gasteiger partial charge in [-0.2, -0.15) is 0 Å². The maximum Gasteiger partial charge on any atom is 0.0745 e. The van der Waals surface area contributed by atoms with Crippen molar-refractivity contribution in [1.29, 1.82) is 0 Å². The van der Waals surface area contributed by atoms with E-state index in [-0.39, 0.29) is 6.10 Å². The van der Waals surface area contributed by atoms with Crippen LogP contribution >= 0.6 is 0 Å². The molecule has 0 heterocycles. The largest absolute Gasteiger partial charge is 0.391 e. The second-order valence-electron chi connectivity index (χ2n) is 6.46. The van der Waals surface area contributed by atoms with E-state index in [4.69, 9.17) is 9.84 Å². The minimum absolute atomic E-state index is 0.351. The van der Waals surface area contributed by atoms with Crippen LogP contribution in [0.25, 0.3) is 0 Å².